The number of hydrogen-bond acceptors (Lipinski definition) is 7. The molecule has 0 aliphatic carbocycles. The van der Waals surface area contributed by atoms with Gasteiger partial charge in [0.1, 0.15) is 29.9 Å². The highest BCUT2D eigenvalue weighted by atomic mass is 32.1. The molecule has 1 aliphatic heterocycles. The van der Waals surface area contributed by atoms with Gasteiger partial charge in [0.2, 0.25) is 5.91 Å². The summed E-state index contributed by atoms with van der Waals surface area (Å²) >= 11 is 5.80. The minimum Gasteiger partial charge on any atom is -0.495 e. The van der Waals surface area contributed by atoms with E-state index in [4.69, 9.17) is 26.1 Å². The quantitative estimate of drug-likeness (QED) is 0.246. The molecule has 2 atom stereocenters. The van der Waals surface area contributed by atoms with Gasteiger partial charge in [-0.25, -0.2) is 4.79 Å². The number of thiocarbonyl (C=S) groups is 1. The molecular weight excluding hydrogens is 532 g/mol. The predicted molar refractivity (Wildman–Crippen MR) is 153 cm³/mol. The van der Waals surface area contributed by atoms with Crippen LogP contribution in [0.4, 0.5) is 11.4 Å². The summed E-state index contributed by atoms with van der Waals surface area (Å²) in [4.78, 5) is 30.0. The molecule has 11 heteroatoms. The lowest BCUT2D eigenvalue weighted by Crippen LogP contribution is -2.29. The zero-order valence-electron chi connectivity index (χ0n) is 21.7. The number of carbonyl (C=O) groups is 2. The van der Waals surface area contributed by atoms with Crippen molar-refractivity contribution in [2.75, 3.05) is 31.0 Å². The minimum absolute atomic E-state index is 0.107. The van der Waals surface area contributed by atoms with Gasteiger partial charge in [0, 0.05) is 24.6 Å². The van der Waals surface area contributed by atoms with Crippen LogP contribution in [-0.2, 0) is 9.53 Å². The first kappa shape index (κ1) is 26.9. The number of rotatable bonds is 9. The number of pyridine rings is 1. The van der Waals surface area contributed by atoms with Crippen LogP contribution in [0.15, 0.2) is 83.4 Å². The molecule has 3 heterocycles. The van der Waals surface area contributed by atoms with E-state index in [2.05, 4.69) is 15.6 Å². The van der Waals surface area contributed by atoms with Crippen LogP contribution < -0.4 is 20.3 Å². The van der Waals surface area contributed by atoms with Crippen LogP contribution in [0.1, 0.15) is 33.9 Å². The van der Waals surface area contributed by atoms with Crippen molar-refractivity contribution in [1.29, 1.82) is 0 Å². The summed E-state index contributed by atoms with van der Waals surface area (Å²) in [6.07, 6.45) is 1.72. The minimum atomic E-state index is -0.997. The number of furan rings is 1. The van der Waals surface area contributed by atoms with Crippen LogP contribution in [0.3, 0.4) is 0 Å². The molecule has 2 aromatic heterocycles. The Morgan fingerprint density at radius 2 is 1.90 bits per heavy atom. The van der Waals surface area contributed by atoms with Crippen LogP contribution in [0, 0.1) is 0 Å². The van der Waals surface area contributed by atoms with Crippen molar-refractivity contribution in [1.82, 2.24) is 10.3 Å². The molecule has 3 N–H and O–H groups in total. The van der Waals surface area contributed by atoms with Crippen LogP contribution in [0.25, 0.3) is 11.3 Å². The van der Waals surface area contributed by atoms with E-state index >= 15 is 0 Å². The summed E-state index contributed by atoms with van der Waals surface area (Å²) in [5.41, 5.74) is 2.85. The molecule has 1 amide bonds. The Labute approximate surface area is 235 Å². The van der Waals surface area contributed by atoms with E-state index in [-0.39, 0.29) is 24.1 Å². The largest absolute Gasteiger partial charge is 0.495 e. The van der Waals surface area contributed by atoms with Crippen LogP contribution >= 0.6 is 12.2 Å². The number of ether oxygens (including phenoxy) is 2. The summed E-state index contributed by atoms with van der Waals surface area (Å²) in [5, 5.41) is 15.9. The van der Waals surface area contributed by atoms with Gasteiger partial charge in [-0.2, -0.15) is 0 Å². The number of benzene rings is 2. The van der Waals surface area contributed by atoms with Gasteiger partial charge in [-0.15, -0.1) is 0 Å². The lowest BCUT2D eigenvalue weighted by atomic mass is 10.0. The highest BCUT2D eigenvalue weighted by molar-refractivity contribution is 7.80. The second kappa shape index (κ2) is 11.6. The zero-order chi connectivity index (χ0) is 28.2. The van der Waals surface area contributed by atoms with Crippen molar-refractivity contribution in [2.24, 2.45) is 0 Å². The Morgan fingerprint density at radius 3 is 2.58 bits per heavy atom. The van der Waals surface area contributed by atoms with E-state index in [9.17, 15) is 14.7 Å². The fraction of sp³-hybridized carbons (Fsp3) is 0.172. The maximum atomic E-state index is 12.3. The molecule has 0 spiro atoms. The smallest absolute Gasteiger partial charge is 0.335 e. The highest BCUT2D eigenvalue weighted by Crippen LogP contribution is 2.44. The van der Waals surface area contributed by atoms with Gasteiger partial charge in [0.25, 0.3) is 0 Å². The Balaban J connectivity index is 1.56. The summed E-state index contributed by atoms with van der Waals surface area (Å²) in [6.45, 7) is -0.107. The lowest BCUT2D eigenvalue weighted by molar-refractivity contribution is -0.119. The van der Waals surface area contributed by atoms with Gasteiger partial charge < -0.3 is 34.5 Å². The van der Waals surface area contributed by atoms with Gasteiger partial charge in [-0.05, 0) is 66.8 Å². The first-order valence-electron chi connectivity index (χ1n) is 12.3. The Bertz CT molecular complexity index is 1540. The van der Waals surface area contributed by atoms with Crippen molar-refractivity contribution < 1.29 is 28.6 Å². The number of aromatic carboxylic acids is 1. The zero-order valence-corrected chi connectivity index (χ0v) is 22.5. The molecule has 0 radical (unpaired) electrons. The SMILES string of the molecule is COCC(=O)Nc1cc(N2C(=S)N[C@H](c3ccccn3)[C@H]2c2ccc(-c3ccc(C(=O)O)cc3)o2)ccc1OC. The van der Waals surface area contributed by atoms with Gasteiger partial charge in [0.15, 0.2) is 5.11 Å². The van der Waals surface area contributed by atoms with Gasteiger partial charge in [-0.1, -0.05) is 18.2 Å². The van der Waals surface area contributed by atoms with Crippen molar-refractivity contribution in [3.05, 3.63) is 96.0 Å². The van der Waals surface area contributed by atoms with Crippen molar-refractivity contribution >= 4 is 40.6 Å². The van der Waals surface area contributed by atoms with E-state index in [1.807, 2.05) is 41.3 Å². The number of methoxy groups -OCH3 is 2. The average Bonchev–Trinajstić information content (AvgIpc) is 3.58. The number of nitrogens with one attached hydrogen (secondary N) is 2. The number of carboxylic acids is 1. The molecule has 4 aromatic rings. The van der Waals surface area contributed by atoms with E-state index in [1.54, 1.807) is 30.5 Å². The van der Waals surface area contributed by atoms with Crippen LogP contribution in [0.2, 0.25) is 0 Å². The maximum Gasteiger partial charge on any atom is 0.335 e. The monoisotopic (exact) mass is 558 g/mol. The van der Waals surface area contributed by atoms with Crippen LogP contribution in [0.5, 0.6) is 5.75 Å². The van der Waals surface area contributed by atoms with Crippen LogP contribution in [-0.4, -0.2) is 47.9 Å². The number of anilines is 2. The number of amides is 1. The van der Waals surface area contributed by atoms with Crippen molar-refractivity contribution in [2.45, 2.75) is 12.1 Å². The fourth-order valence-corrected chi connectivity index (χ4v) is 4.97. The molecule has 2 aromatic carbocycles. The normalized spacial score (nSPS) is 16.4. The third-order valence-corrected chi connectivity index (χ3v) is 6.76. The van der Waals surface area contributed by atoms with Crippen molar-refractivity contribution in [3.63, 3.8) is 0 Å². The summed E-state index contributed by atoms with van der Waals surface area (Å²) < 4.78 is 16.8. The van der Waals surface area contributed by atoms with E-state index in [1.165, 1.54) is 26.4 Å². The molecule has 1 aliphatic rings. The molecule has 40 heavy (non-hydrogen) atoms. The molecule has 0 unspecified atom stereocenters. The highest BCUT2D eigenvalue weighted by Gasteiger charge is 2.42. The molecule has 10 nitrogen and oxygen atoms in total. The number of aromatic nitrogens is 1. The van der Waals surface area contributed by atoms with Gasteiger partial charge in [-0.3, -0.25) is 9.78 Å². The van der Waals surface area contributed by atoms with E-state index < -0.39 is 12.0 Å². The van der Waals surface area contributed by atoms with E-state index in [0.717, 1.165) is 11.3 Å². The number of carbonyl (C=O) groups excluding carboxylic acids is 1. The van der Waals surface area contributed by atoms with E-state index in [0.29, 0.717) is 33.8 Å². The molecule has 1 fully saturated rings. The van der Waals surface area contributed by atoms with Gasteiger partial charge >= 0.3 is 5.97 Å². The molecular formula is C29H26N4O6S. The van der Waals surface area contributed by atoms with Crippen molar-refractivity contribution in [3.8, 4) is 17.1 Å². The Hall–Kier alpha value is -4.74. The number of carboxylic acid groups (broad SMARTS) is 1. The third kappa shape index (κ3) is 5.37. The fourth-order valence-electron chi connectivity index (χ4n) is 4.63. The molecule has 0 saturated carbocycles. The third-order valence-electron chi connectivity index (χ3n) is 6.44. The lowest BCUT2D eigenvalue weighted by Gasteiger charge is -2.27. The second-order valence-electron chi connectivity index (χ2n) is 8.95. The predicted octanol–water partition coefficient (Wildman–Crippen LogP) is 4.81. The summed E-state index contributed by atoms with van der Waals surface area (Å²) in [7, 11) is 2.97. The number of nitrogens with zero attached hydrogens (tertiary/aromatic N) is 2. The first-order valence-corrected chi connectivity index (χ1v) is 12.7. The van der Waals surface area contributed by atoms with Gasteiger partial charge in [0.05, 0.1) is 30.1 Å². The molecule has 1 saturated heterocycles. The summed E-state index contributed by atoms with van der Waals surface area (Å²) in [6, 6.07) is 20.4. The average molecular weight is 559 g/mol. The topological polar surface area (TPSA) is 126 Å². The molecule has 5 rings (SSSR count). The number of hydrogen-bond donors (Lipinski definition) is 3. The maximum absolute atomic E-state index is 12.3. The summed E-state index contributed by atoms with van der Waals surface area (Å²) in [5.74, 6) is 0.345. The first-order chi connectivity index (χ1) is 19.4. The Kier molecular flexibility index (Phi) is 7.76. The molecule has 204 valence electrons. The molecule has 0 bridgehead atoms. The standard InChI is InChI=1S/C29H26N4O6S/c1-37-16-25(34)31-21-15-19(10-11-23(21)38-2)33-27(26(32-29(33)40)20-5-3-4-14-30-20)24-13-12-22(39-24)17-6-8-18(9-7-17)28(35)36/h3-15,26-27H,16H2,1-2H3,(H,31,34)(H,32,40)(H,35,36)/t26-,27-/m1/s1. The Morgan fingerprint density at radius 1 is 1.10 bits per heavy atom. The second-order valence-corrected chi connectivity index (χ2v) is 9.33.